The smallest absolute Gasteiger partial charge is 0.272 e. The van der Waals surface area contributed by atoms with Crippen molar-refractivity contribution in [3.8, 4) is 17.0 Å². The van der Waals surface area contributed by atoms with E-state index in [0.717, 1.165) is 16.8 Å². The Hall–Kier alpha value is -2.54. The average molecular weight is 386 g/mol. The highest BCUT2D eigenvalue weighted by atomic mass is 32.2. The number of hydrogen-bond acceptors (Lipinski definition) is 4. The summed E-state index contributed by atoms with van der Waals surface area (Å²) in [6.45, 7) is 2.54. The maximum Gasteiger partial charge on any atom is 0.272 e. The Bertz CT molecular complexity index is 1170. The number of sulfone groups is 1. The zero-order valence-corrected chi connectivity index (χ0v) is 16.2. The highest BCUT2D eigenvalue weighted by Gasteiger charge is 2.23. The maximum atomic E-state index is 12.2. The molecule has 0 radical (unpaired) electrons. The summed E-state index contributed by atoms with van der Waals surface area (Å²) >= 11 is 0. The summed E-state index contributed by atoms with van der Waals surface area (Å²) < 4.78 is 31.3. The summed E-state index contributed by atoms with van der Waals surface area (Å²) in [4.78, 5) is 14.9. The van der Waals surface area contributed by atoms with Crippen LogP contribution in [-0.4, -0.2) is 30.7 Å². The minimum atomic E-state index is -3.15. The first-order valence-corrected chi connectivity index (χ1v) is 11.0. The number of ether oxygens (including phenoxy) is 1. The van der Waals surface area contributed by atoms with E-state index >= 15 is 0 Å². The van der Waals surface area contributed by atoms with Crippen molar-refractivity contribution in [1.82, 2.24) is 9.38 Å². The molecule has 1 aliphatic carbocycles. The number of H-pyrrole nitrogens is 1. The molecule has 0 aliphatic heterocycles. The quantitative estimate of drug-likeness (QED) is 0.706. The molecule has 2 heterocycles. The van der Waals surface area contributed by atoms with Crippen molar-refractivity contribution in [3.63, 3.8) is 0 Å². The molecule has 7 heteroatoms. The molecule has 0 bridgehead atoms. The Labute approximate surface area is 157 Å². The second-order valence-electron chi connectivity index (χ2n) is 7.38. The summed E-state index contributed by atoms with van der Waals surface area (Å²) in [7, 11) is -3.15. The predicted octanol–water partition coefficient (Wildman–Crippen LogP) is 2.94. The second-order valence-corrected chi connectivity index (χ2v) is 9.52. The molecule has 1 aromatic carbocycles. The highest BCUT2D eigenvalue weighted by molar-refractivity contribution is 7.89. The third kappa shape index (κ3) is 3.78. The predicted molar refractivity (Wildman–Crippen MR) is 105 cm³/mol. The lowest BCUT2D eigenvalue weighted by Crippen LogP contribution is -2.09. The number of nitrogens with one attached hydrogen (secondary N) is 1. The number of aromatic amines is 1. The summed E-state index contributed by atoms with van der Waals surface area (Å²) in [5.74, 6) is 1.27. The molecular formula is C20H22N2O4S. The zero-order valence-electron chi connectivity index (χ0n) is 15.4. The minimum absolute atomic E-state index is 0.0359. The number of fused-ring (bicyclic) bond motifs is 1. The van der Waals surface area contributed by atoms with Crippen LogP contribution in [-0.2, 0) is 15.6 Å². The molecule has 27 heavy (non-hydrogen) atoms. The number of nitrogens with zero attached hydrogens (tertiary/aromatic N) is 1. The van der Waals surface area contributed by atoms with E-state index in [2.05, 4.69) is 4.98 Å². The Morgan fingerprint density at radius 2 is 2.04 bits per heavy atom. The van der Waals surface area contributed by atoms with E-state index in [1.165, 1.54) is 19.1 Å². The molecule has 1 saturated carbocycles. The highest BCUT2D eigenvalue weighted by Crippen LogP contribution is 2.36. The van der Waals surface area contributed by atoms with Crippen LogP contribution in [0.4, 0.5) is 0 Å². The van der Waals surface area contributed by atoms with Gasteiger partial charge >= 0.3 is 0 Å². The third-order valence-corrected chi connectivity index (χ3v) is 5.66. The van der Waals surface area contributed by atoms with Gasteiger partial charge in [0.15, 0.2) is 9.84 Å². The lowest BCUT2D eigenvalue weighted by atomic mass is 10.1. The van der Waals surface area contributed by atoms with Gasteiger partial charge in [0.05, 0.1) is 18.1 Å². The average Bonchev–Trinajstić information content (AvgIpc) is 3.35. The van der Waals surface area contributed by atoms with Crippen LogP contribution in [0.25, 0.3) is 16.8 Å². The summed E-state index contributed by atoms with van der Waals surface area (Å²) in [6.07, 6.45) is 6.99. The minimum Gasteiger partial charge on any atom is -0.493 e. The van der Waals surface area contributed by atoms with Crippen LogP contribution in [0, 0.1) is 12.8 Å². The Kier molecular flexibility index (Phi) is 4.34. The number of aryl methyl sites for hydroxylation is 1. The van der Waals surface area contributed by atoms with Gasteiger partial charge in [-0.1, -0.05) is 6.07 Å². The molecule has 2 aromatic heterocycles. The largest absolute Gasteiger partial charge is 0.493 e. The third-order valence-electron chi connectivity index (χ3n) is 4.80. The Morgan fingerprint density at radius 1 is 1.26 bits per heavy atom. The fourth-order valence-corrected chi connectivity index (χ4v) is 4.13. The monoisotopic (exact) mass is 386 g/mol. The Morgan fingerprint density at radius 3 is 2.74 bits per heavy atom. The van der Waals surface area contributed by atoms with E-state index in [4.69, 9.17) is 4.74 Å². The van der Waals surface area contributed by atoms with Gasteiger partial charge in [0.25, 0.3) is 5.56 Å². The van der Waals surface area contributed by atoms with Gasteiger partial charge in [-0.15, -0.1) is 0 Å². The van der Waals surface area contributed by atoms with E-state index in [-0.39, 0.29) is 11.3 Å². The van der Waals surface area contributed by atoms with Crippen molar-refractivity contribution >= 4 is 15.4 Å². The molecule has 0 unspecified atom stereocenters. The normalized spacial score (nSPS) is 14.6. The van der Waals surface area contributed by atoms with Gasteiger partial charge in [-0.25, -0.2) is 8.42 Å². The lowest BCUT2D eigenvalue weighted by Gasteiger charge is -2.13. The van der Waals surface area contributed by atoms with Crippen molar-refractivity contribution in [1.29, 1.82) is 0 Å². The zero-order chi connectivity index (χ0) is 19.2. The molecule has 0 amide bonds. The van der Waals surface area contributed by atoms with Gasteiger partial charge in [0.2, 0.25) is 0 Å². The van der Waals surface area contributed by atoms with Crippen LogP contribution in [0.1, 0.15) is 24.0 Å². The summed E-state index contributed by atoms with van der Waals surface area (Å²) in [6, 6.07) is 7.42. The van der Waals surface area contributed by atoms with Gasteiger partial charge in [0.1, 0.15) is 11.3 Å². The van der Waals surface area contributed by atoms with Crippen molar-refractivity contribution < 1.29 is 13.2 Å². The van der Waals surface area contributed by atoms with Crippen LogP contribution in [0.15, 0.2) is 41.5 Å². The second kappa shape index (κ2) is 6.56. The van der Waals surface area contributed by atoms with Crippen LogP contribution in [0.2, 0.25) is 0 Å². The van der Waals surface area contributed by atoms with Crippen molar-refractivity contribution in [2.45, 2.75) is 25.5 Å². The molecule has 1 fully saturated rings. The van der Waals surface area contributed by atoms with Crippen molar-refractivity contribution in [2.24, 2.45) is 5.92 Å². The maximum absolute atomic E-state index is 12.2. The van der Waals surface area contributed by atoms with Gasteiger partial charge in [-0.3, -0.25) is 4.79 Å². The molecule has 1 aliphatic rings. The fraction of sp³-hybridized carbons (Fsp3) is 0.350. The molecule has 0 spiro atoms. The van der Waals surface area contributed by atoms with Gasteiger partial charge in [-0.2, -0.15) is 0 Å². The first-order chi connectivity index (χ1) is 12.8. The van der Waals surface area contributed by atoms with Crippen LogP contribution in [0.5, 0.6) is 5.75 Å². The first kappa shape index (κ1) is 17.9. The summed E-state index contributed by atoms with van der Waals surface area (Å²) in [5.41, 5.74) is 3.58. The molecular weight excluding hydrogens is 364 g/mol. The number of hydrogen-bond donors (Lipinski definition) is 1. The SMILES string of the molecule is Cc1cc(-c2cc(CS(C)(=O)=O)ccc2OCC2CC2)n2cc[nH]c(=O)c12. The van der Waals surface area contributed by atoms with E-state index in [1.54, 1.807) is 18.5 Å². The molecule has 6 nitrogen and oxygen atoms in total. The van der Waals surface area contributed by atoms with Crippen LogP contribution < -0.4 is 10.3 Å². The van der Waals surface area contributed by atoms with Crippen molar-refractivity contribution in [2.75, 3.05) is 12.9 Å². The van der Waals surface area contributed by atoms with Crippen LogP contribution >= 0.6 is 0 Å². The topological polar surface area (TPSA) is 80.6 Å². The molecule has 3 aromatic rings. The van der Waals surface area contributed by atoms with E-state index in [0.29, 0.717) is 29.4 Å². The van der Waals surface area contributed by atoms with Crippen LogP contribution in [0.3, 0.4) is 0 Å². The number of rotatable bonds is 6. The molecule has 1 N–H and O–H groups in total. The van der Waals surface area contributed by atoms with Gasteiger partial charge in [-0.05, 0) is 55.0 Å². The molecule has 142 valence electrons. The molecule has 0 atom stereocenters. The standard InChI is InChI=1S/C20H22N2O4S/c1-13-9-17(22-8-7-21-20(23)19(13)22)16-10-15(12-27(2,24)25)5-6-18(16)26-11-14-3-4-14/h5-10,14H,3-4,11-12H2,1-2H3,(H,21,23). The van der Waals surface area contributed by atoms with E-state index < -0.39 is 9.84 Å². The summed E-state index contributed by atoms with van der Waals surface area (Å²) in [5, 5.41) is 0. The van der Waals surface area contributed by atoms with E-state index in [1.807, 2.05) is 29.5 Å². The van der Waals surface area contributed by atoms with Gasteiger partial charge < -0.3 is 14.1 Å². The lowest BCUT2D eigenvalue weighted by molar-refractivity contribution is 0.301. The molecule has 4 rings (SSSR count). The Balaban J connectivity index is 1.87. The number of benzene rings is 1. The van der Waals surface area contributed by atoms with Crippen molar-refractivity contribution in [3.05, 3.63) is 58.1 Å². The van der Waals surface area contributed by atoms with Gasteiger partial charge in [0, 0.05) is 24.2 Å². The first-order valence-electron chi connectivity index (χ1n) is 8.95. The fourth-order valence-electron chi connectivity index (χ4n) is 3.35. The molecule has 0 saturated heterocycles. The van der Waals surface area contributed by atoms with E-state index in [9.17, 15) is 13.2 Å². The number of aromatic nitrogens is 2.